The van der Waals surface area contributed by atoms with Crippen LogP contribution in [0.25, 0.3) is 0 Å². The molecule has 0 heterocycles. The molecule has 17 heavy (non-hydrogen) atoms. The Hall–Kier alpha value is -0.280. The molecule has 0 aromatic heterocycles. The molecule has 0 aromatic carbocycles. The molecule has 2 N–H and O–H groups in total. The molecule has 0 bridgehead atoms. The summed E-state index contributed by atoms with van der Waals surface area (Å²) in [4.78, 5) is 11.6. The molecule has 4 heteroatoms. The van der Waals surface area contributed by atoms with Crippen molar-refractivity contribution in [2.45, 2.75) is 46.0 Å². The van der Waals surface area contributed by atoms with Crippen LogP contribution in [0.1, 0.15) is 46.0 Å². The van der Waals surface area contributed by atoms with E-state index >= 15 is 0 Å². The summed E-state index contributed by atoms with van der Waals surface area (Å²) in [5.41, 5.74) is 0. The summed E-state index contributed by atoms with van der Waals surface area (Å²) in [6, 6.07) is 0. The molecule has 102 valence electrons. The minimum atomic E-state index is 0. The van der Waals surface area contributed by atoms with Gasteiger partial charge in [0.05, 0.1) is 0 Å². The van der Waals surface area contributed by atoms with Crippen molar-refractivity contribution in [3.63, 3.8) is 0 Å². The molecule has 3 nitrogen and oxygen atoms in total. The minimum Gasteiger partial charge on any atom is -0.355 e. The molecule has 0 radical (unpaired) electrons. The van der Waals surface area contributed by atoms with Gasteiger partial charge in [-0.1, -0.05) is 26.7 Å². The Labute approximate surface area is 112 Å². The van der Waals surface area contributed by atoms with Crippen LogP contribution in [0.4, 0.5) is 0 Å². The standard InChI is InChI=1S/C13H26N2O.ClH/c1-3-14-7-8-15-13(16)10-12-6-4-5-11(2)9-12;/h11-12,14H,3-10H2,1-2H3,(H,15,16);1H. The number of carbonyl (C=O) groups excluding carboxylic acids is 1. The molecule has 2 atom stereocenters. The van der Waals surface area contributed by atoms with Crippen LogP contribution in [0.5, 0.6) is 0 Å². The summed E-state index contributed by atoms with van der Waals surface area (Å²) in [5, 5.41) is 6.18. The molecule has 1 rings (SSSR count). The molecule has 0 aromatic rings. The normalized spacial score (nSPS) is 23.9. The third-order valence-corrected chi connectivity index (χ3v) is 3.39. The Morgan fingerprint density at radius 2 is 2.06 bits per heavy atom. The second-order valence-electron chi connectivity index (χ2n) is 5.05. The highest BCUT2D eigenvalue weighted by Crippen LogP contribution is 2.30. The first-order valence-corrected chi connectivity index (χ1v) is 6.69. The Bertz CT molecular complexity index is 212. The first-order chi connectivity index (χ1) is 7.72. The van der Waals surface area contributed by atoms with Crippen LogP contribution in [0, 0.1) is 11.8 Å². The zero-order valence-electron chi connectivity index (χ0n) is 11.1. The molecule has 0 saturated heterocycles. The fraction of sp³-hybridized carbons (Fsp3) is 0.923. The van der Waals surface area contributed by atoms with Gasteiger partial charge < -0.3 is 10.6 Å². The quantitative estimate of drug-likeness (QED) is 0.722. The maximum Gasteiger partial charge on any atom is 0.220 e. The van der Waals surface area contributed by atoms with Gasteiger partial charge in [0.1, 0.15) is 0 Å². The maximum atomic E-state index is 11.6. The maximum absolute atomic E-state index is 11.6. The van der Waals surface area contributed by atoms with Crippen LogP contribution in [0.2, 0.25) is 0 Å². The molecule has 0 spiro atoms. The third kappa shape index (κ3) is 7.61. The van der Waals surface area contributed by atoms with Gasteiger partial charge in [0.2, 0.25) is 5.91 Å². The molecule has 1 fully saturated rings. The summed E-state index contributed by atoms with van der Waals surface area (Å²) in [6.07, 6.45) is 5.86. The number of halogens is 1. The van der Waals surface area contributed by atoms with Crippen molar-refractivity contribution in [1.29, 1.82) is 0 Å². The number of amides is 1. The van der Waals surface area contributed by atoms with Gasteiger partial charge in [0.25, 0.3) is 0 Å². The van der Waals surface area contributed by atoms with Gasteiger partial charge in [-0.15, -0.1) is 12.4 Å². The Morgan fingerprint density at radius 1 is 1.29 bits per heavy atom. The monoisotopic (exact) mass is 262 g/mol. The zero-order valence-corrected chi connectivity index (χ0v) is 11.9. The number of rotatable bonds is 6. The molecule has 2 unspecified atom stereocenters. The van der Waals surface area contributed by atoms with Crippen LogP contribution in [-0.4, -0.2) is 25.5 Å². The predicted molar refractivity (Wildman–Crippen MR) is 74.5 cm³/mol. The highest BCUT2D eigenvalue weighted by Gasteiger charge is 2.20. The number of hydrogen-bond acceptors (Lipinski definition) is 2. The SMILES string of the molecule is CCNCCNC(=O)CC1CCCC(C)C1.Cl. The minimum absolute atomic E-state index is 0. The van der Waals surface area contributed by atoms with Crippen LogP contribution in [0.15, 0.2) is 0 Å². The van der Waals surface area contributed by atoms with Gasteiger partial charge in [0.15, 0.2) is 0 Å². The largest absolute Gasteiger partial charge is 0.355 e. The van der Waals surface area contributed by atoms with Gasteiger partial charge in [-0.3, -0.25) is 4.79 Å². The summed E-state index contributed by atoms with van der Waals surface area (Å²) in [7, 11) is 0. The van der Waals surface area contributed by atoms with E-state index in [0.29, 0.717) is 5.92 Å². The van der Waals surface area contributed by atoms with E-state index in [1.807, 2.05) is 0 Å². The highest BCUT2D eigenvalue weighted by atomic mass is 35.5. The van der Waals surface area contributed by atoms with Crippen LogP contribution in [-0.2, 0) is 4.79 Å². The van der Waals surface area contributed by atoms with Crippen molar-refractivity contribution in [3.8, 4) is 0 Å². The number of carbonyl (C=O) groups is 1. The van der Waals surface area contributed by atoms with Crippen molar-refractivity contribution < 1.29 is 4.79 Å². The van der Waals surface area contributed by atoms with E-state index in [1.165, 1.54) is 25.7 Å². The smallest absolute Gasteiger partial charge is 0.220 e. The lowest BCUT2D eigenvalue weighted by molar-refractivity contribution is -0.122. The van der Waals surface area contributed by atoms with Gasteiger partial charge in [-0.2, -0.15) is 0 Å². The van der Waals surface area contributed by atoms with Crippen LogP contribution < -0.4 is 10.6 Å². The van der Waals surface area contributed by atoms with E-state index < -0.39 is 0 Å². The zero-order chi connectivity index (χ0) is 11.8. The van der Waals surface area contributed by atoms with Gasteiger partial charge in [-0.05, 0) is 31.2 Å². The molecule has 0 aliphatic heterocycles. The summed E-state index contributed by atoms with van der Waals surface area (Å²) in [6.45, 7) is 6.98. The van der Waals surface area contributed by atoms with E-state index in [1.54, 1.807) is 0 Å². The van der Waals surface area contributed by atoms with Crippen LogP contribution in [0.3, 0.4) is 0 Å². The molecule has 1 amide bonds. The predicted octanol–water partition coefficient (Wildman–Crippen LogP) is 2.35. The van der Waals surface area contributed by atoms with E-state index in [9.17, 15) is 4.79 Å². The van der Waals surface area contributed by atoms with E-state index in [4.69, 9.17) is 0 Å². The Balaban J connectivity index is 0.00000256. The van der Waals surface area contributed by atoms with Gasteiger partial charge in [-0.25, -0.2) is 0 Å². The summed E-state index contributed by atoms with van der Waals surface area (Å²) in [5.74, 6) is 1.67. The van der Waals surface area contributed by atoms with Crippen molar-refractivity contribution in [2.24, 2.45) is 11.8 Å². The highest BCUT2D eigenvalue weighted by molar-refractivity contribution is 5.85. The van der Waals surface area contributed by atoms with E-state index in [2.05, 4.69) is 24.5 Å². The van der Waals surface area contributed by atoms with Gasteiger partial charge in [0, 0.05) is 19.5 Å². The van der Waals surface area contributed by atoms with E-state index in [-0.39, 0.29) is 18.3 Å². The molecule has 1 aliphatic rings. The topological polar surface area (TPSA) is 41.1 Å². The lowest BCUT2D eigenvalue weighted by Crippen LogP contribution is -2.33. The van der Waals surface area contributed by atoms with Crippen molar-refractivity contribution in [1.82, 2.24) is 10.6 Å². The number of hydrogen-bond donors (Lipinski definition) is 2. The van der Waals surface area contributed by atoms with Crippen LogP contribution >= 0.6 is 12.4 Å². The molecular weight excluding hydrogens is 236 g/mol. The second-order valence-corrected chi connectivity index (χ2v) is 5.05. The number of nitrogens with one attached hydrogen (secondary N) is 2. The average molecular weight is 263 g/mol. The van der Waals surface area contributed by atoms with Gasteiger partial charge >= 0.3 is 0 Å². The second kappa shape index (κ2) is 9.72. The molecule has 1 saturated carbocycles. The van der Waals surface area contributed by atoms with Crippen molar-refractivity contribution in [2.75, 3.05) is 19.6 Å². The lowest BCUT2D eigenvalue weighted by Gasteiger charge is -2.26. The summed E-state index contributed by atoms with van der Waals surface area (Å²) < 4.78 is 0. The summed E-state index contributed by atoms with van der Waals surface area (Å²) >= 11 is 0. The molecule has 1 aliphatic carbocycles. The average Bonchev–Trinajstić information content (AvgIpc) is 2.24. The Morgan fingerprint density at radius 3 is 2.71 bits per heavy atom. The third-order valence-electron chi connectivity index (χ3n) is 3.39. The first kappa shape index (κ1) is 16.7. The van der Waals surface area contributed by atoms with Crippen molar-refractivity contribution >= 4 is 18.3 Å². The van der Waals surface area contributed by atoms with Crippen molar-refractivity contribution in [3.05, 3.63) is 0 Å². The fourth-order valence-electron chi connectivity index (χ4n) is 2.55. The number of likely N-dealkylation sites (N-methyl/N-ethyl adjacent to an activating group) is 1. The molecular formula is C13H27ClN2O. The Kier molecular flexibility index (Phi) is 9.56. The first-order valence-electron chi connectivity index (χ1n) is 6.69. The lowest BCUT2D eigenvalue weighted by atomic mass is 9.81. The van der Waals surface area contributed by atoms with E-state index in [0.717, 1.165) is 32.0 Å². The fourth-order valence-corrected chi connectivity index (χ4v) is 2.55.